The van der Waals surface area contributed by atoms with E-state index in [1.807, 2.05) is 0 Å². The normalized spacial score (nSPS) is 12.9. The molecule has 2 N–H and O–H groups in total. The summed E-state index contributed by atoms with van der Waals surface area (Å²) in [6.45, 7) is 5.75. The molecule has 0 radical (unpaired) electrons. The average molecular weight is 286 g/mol. The van der Waals surface area contributed by atoms with E-state index in [2.05, 4.69) is 5.32 Å². The van der Waals surface area contributed by atoms with Crippen LogP contribution in [0, 0.1) is 0 Å². The van der Waals surface area contributed by atoms with Gasteiger partial charge in [0.25, 0.3) is 0 Å². The molecule has 19 heavy (non-hydrogen) atoms. The van der Waals surface area contributed by atoms with E-state index in [1.54, 1.807) is 45.0 Å². The maximum atomic E-state index is 11.4. The van der Waals surface area contributed by atoms with Crippen molar-refractivity contribution in [2.45, 2.75) is 38.9 Å². The lowest BCUT2D eigenvalue weighted by atomic mass is 10.1. The summed E-state index contributed by atoms with van der Waals surface area (Å²) in [5.41, 5.74) is 0.259. The van der Waals surface area contributed by atoms with Crippen LogP contribution in [0.15, 0.2) is 24.3 Å². The van der Waals surface area contributed by atoms with Gasteiger partial charge in [0.15, 0.2) is 0 Å². The summed E-state index contributed by atoms with van der Waals surface area (Å²) < 4.78 is 5.09. The van der Waals surface area contributed by atoms with Gasteiger partial charge in [-0.05, 0) is 44.9 Å². The summed E-state index contributed by atoms with van der Waals surface area (Å²) in [4.78, 5) is 11.4. The van der Waals surface area contributed by atoms with Crippen LogP contribution in [-0.4, -0.2) is 23.3 Å². The van der Waals surface area contributed by atoms with Crippen LogP contribution in [0.4, 0.5) is 4.79 Å². The largest absolute Gasteiger partial charge is 0.444 e. The molecule has 0 spiro atoms. The van der Waals surface area contributed by atoms with Gasteiger partial charge in [0.05, 0.1) is 6.10 Å². The highest BCUT2D eigenvalue weighted by Gasteiger charge is 2.16. The van der Waals surface area contributed by atoms with Crippen LogP contribution in [0.25, 0.3) is 0 Å². The summed E-state index contributed by atoms with van der Waals surface area (Å²) in [6.07, 6.45) is -0.691. The molecule has 0 aromatic heterocycles. The minimum Gasteiger partial charge on any atom is -0.444 e. The fourth-order valence-corrected chi connectivity index (χ4v) is 1.60. The number of aliphatic hydroxyl groups excluding tert-OH is 1. The van der Waals surface area contributed by atoms with Gasteiger partial charge in [0.1, 0.15) is 5.60 Å². The molecule has 1 rings (SSSR count). The zero-order valence-electron chi connectivity index (χ0n) is 11.4. The molecule has 5 heteroatoms. The molecule has 0 saturated carbocycles. The molecule has 4 nitrogen and oxygen atoms in total. The first-order chi connectivity index (χ1) is 8.78. The predicted octanol–water partition coefficient (Wildman–Crippen LogP) is 3.29. The quantitative estimate of drug-likeness (QED) is 0.892. The number of nitrogens with one attached hydrogen (secondary N) is 1. The second kappa shape index (κ2) is 6.78. The number of ether oxygens (including phenoxy) is 1. The fourth-order valence-electron chi connectivity index (χ4n) is 1.48. The number of hydrogen-bond acceptors (Lipinski definition) is 3. The van der Waals surface area contributed by atoms with E-state index in [0.29, 0.717) is 18.0 Å². The third kappa shape index (κ3) is 6.45. The van der Waals surface area contributed by atoms with Crippen LogP contribution >= 0.6 is 11.6 Å². The monoisotopic (exact) mass is 285 g/mol. The smallest absolute Gasteiger partial charge is 0.407 e. The molecule has 1 atom stereocenters. The van der Waals surface area contributed by atoms with Gasteiger partial charge in [-0.15, -0.1) is 0 Å². The average Bonchev–Trinajstić information content (AvgIpc) is 2.27. The molecule has 0 aliphatic rings. The Morgan fingerprint density at radius 3 is 2.47 bits per heavy atom. The van der Waals surface area contributed by atoms with Gasteiger partial charge in [0.2, 0.25) is 0 Å². The molecule has 0 aliphatic carbocycles. The van der Waals surface area contributed by atoms with Gasteiger partial charge < -0.3 is 15.2 Å². The summed E-state index contributed by atoms with van der Waals surface area (Å²) in [5, 5.41) is 13.2. The van der Waals surface area contributed by atoms with Gasteiger partial charge in [-0.1, -0.05) is 23.7 Å². The van der Waals surface area contributed by atoms with Crippen LogP contribution < -0.4 is 5.32 Å². The number of alkyl carbamates (subject to hydrolysis) is 1. The lowest BCUT2D eigenvalue weighted by molar-refractivity contribution is 0.0518. The first-order valence-electron chi connectivity index (χ1n) is 6.18. The molecular weight excluding hydrogens is 266 g/mol. The Hall–Kier alpha value is -1.26. The van der Waals surface area contributed by atoms with Gasteiger partial charge in [-0.3, -0.25) is 0 Å². The Morgan fingerprint density at radius 2 is 1.95 bits per heavy atom. The van der Waals surface area contributed by atoms with E-state index >= 15 is 0 Å². The van der Waals surface area contributed by atoms with E-state index in [-0.39, 0.29) is 0 Å². The molecule has 0 heterocycles. The van der Waals surface area contributed by atoms with Crippen molar-refractivity contribution in [2.24, 2.45) is 0 Å². The van der Waals surface area contributed by atoms with Crippen LogP contribution in [0.1, 0.15) is 38.9 Å². The van der Waals surface area contributed by atoms with E-state index in [0.717, 1.165) is 5.56 Å². The Bertz CT molecular complexity index is 412. The number of amides is 1. The van der Waals surface area contributed by atoms with Crippen molar-refractivity contribution in [2.75, 3.05) is 6.54 Å². The number of carbonyl (C=O) groups is 1. The van der Waals surface area contributed by atoms with Crippen molar-refractivity contribution in [3.05, 3.63) is 34.9 Å². The number of rotatable bonds is 4. The summed E-state index contributed by atoms with van der Waals surface area (Å²) in [6, 6.07) is 6.98. The van der Waals surface area contributed by atoms with Crippen molar-refractivity contribution in [3.8, 4) is 0 Å². The Balaban J connectivity index is 2.33. The highest BCUT2D eigenvalue weighted by molar-refractivity contribution is 6.30. The SMILES string of the molecule is CC(C)(C)OC(=O)NCC[C@H](O)c1ccc(Cl)cc1. The van der Waals surface area contributed by atoms with Gasteiger partial charge in [-0.25, -0.2) is 4.79 Å². The maximum absolute atomic E-state index is 11.4. The predicted molar refractivity (Wildman–Crippen MR) is 75.3 cm³/mol. The van der Waals surface area contributed by atoms with E-state index in [4.69, 9.17) is 16.3 Å². The molecule has 0 aliphatic heterocycles. The van der Waals surface area contributed by atoms with Crippen LogP contribution in [0.5, 0.6) is 0 Å². The topological polar surface area (TPSA) is 58.6 Å². The zero-order valence-corrected chi connectivity index (χ0v) is 12.2. The second-order valence-electron chi connectivity index (χ2n) is 5.28. The van der Waals surface area contributed by atoms with Crippen molar-refractivity contribution in [1.29, 1.82) is 0 Å². The number of halogens is 1. The first-order valence-corrected chi connectivity index (χ1v) is 6.56. The van der Waals surface area contributed by atoms with E-state index in [1.165, 1.54) is 0 Å². The summed E-state index contributed by atoms with van der Waals surface area (Å²) >= 11 is 5.77. The van der Waals surface area contributed by atoms with Crippen molar-refractivity contribution in [1.82, 2.24) is 5.32 Å². The third-order valence-corrected chi connectivity index (χ3v) is 2.59. The Kier molecular flexibility index (Phi) is 5.63. The third-order valence-electron chi connectivity index (χ3n) is 2.34. The molecule has 1 aromatic carbocycles. The van der Waals surface area contributed by atoms with Gasteiger partial charge >= 0.3 is 6.09 Å². The van der Waals surface area contributed by atoms with E-state index in [9.17, 15) is 9.90 Å². The number of benzene rings is 1. The molecule has 106 valence electrons. The Labute approximate surface area is 118 Å². The van der Waals surface area contributed by atoms with Crippen molar-refractivity contribution >= 4 is 17.7 Å². The van der Waals surface area contributed by atoms with Gasteiger partial charge in [-0.2, -0.15) is 0 Å². The molecule has 0 bridgehead atoms. The fraction of sp³-hybridized carbons (Fsp3) is 0.500. The summed E-state index contributed by atoms with van der Waals surface area (Å²) in [7, 11) is 0. The minimum atomic E-state index is -0.632. The number of aliphatic hydroxyl groups is 1. The second-order valence-corrected chi connectivity index (χ2v) is 5.72. The molecule has 1 aromatic rings. The minimum absolute atomic E-state index is 0.346. The van der Waals surface area contributed by atoms with Gasteiger partial charge in [0, 0.05) is 11.6 Å². The molecular formula is C14H20ClNO3. The highest BCUT2D eigenvalue weighted by Crippen LogP contribution is 2.18. The molecule has 1 amide bonds. The van der Waals surface area contributed by atoms with Crippen LogP contribution in [0.2, 0.25) is 5.02 Å². The molecule has 0 saturated heterocycles. The van der Waals surface area contributed by atoms with Crippen LogP contribution in [-0.2, 0) is 4.74 Å². The first kappa shape index (κ1) is 15.8. The number of hydrogen-bond donors (Lipinski definition) is 2. The lowest BCUT2D eigenvalue weighted by Gasteiger charge is -2.20. The standard InChI is InChI=1S/C14H20ClNO3/c1-14(2,3)19-13(18)16-9-8-12(17)10-4-6-11(15)7-5-10/h4-7,12,17H,8-9H2,1-3H3,(H,16,18)/t12-/m0/s1. The number of carbonyl (C=O) groups excluding carboxylic acids is 1. The van der Waals surface area contributed by atoms with Crippen molar-refractivity contribution in [3.63, 3.8) is 0 Å². The van der Waals surface area contributed by atoms with Crippen molar-refractivity contribution < 1.29 is 14.6 Å². The molecule has 0 fully saturated rings. The van der Waals surface area contributed by atoms with Crippen LogP contribution in [0.3, 0.4) is 0 Å². The summed E-state index contributed by atoms with van der Waals surface area (Å²) in [5.74, 6) is 0. The van der Waals surface area contributed by atoms with E-state index < -0.39 is 17.8 Å². The molecule has 0 unspecified atom stereocenters. The Morgan fingerprint density at radius 1 is 1.37 bits per heavy atom. The lowest BCUT2D eigenvalue weighted by Crippen LogP contribution is -2.33. The zero-order chi connectivity index (χ0) is 14.5. The maximum Gasteiger partial charge on any atom is 0.407 e. The highest BCUT2D eigenvalue weighted by atomic mass is 35.5.